The standard InChI is InChI=1S/C19H19N5O3S/c1-12-3-6-15(7-4-12)24-19(21-22-23-24)28-13(2)18(25)20-14-5-8-16-17(11-14)27-10-9-26-16/h3-8,11,13H,9-10H2,1-2H3,(H,20,25)/t13-/m0/s1. The summed E-state index contributed by atoms with van der Waals surface area (Å²) in [7, 11) is 0. The fraction of sp³-hybridized carbons (Fsp3) is 0.263. The molecule has 1 atom stereocenters. The van der Waals surface area contributed by atoms with Crippen molar-refractivity contribution >= 4 is 23.4 Å². The molecule has 2 heterocycles. The van der Waals surface area contributed by atoms with Crippen LogP contribution in [0.2, 0.25) is 0 Å². The third-order valence-corrected chi connectivity index (χ3v) is 5.21. The number of aromatic nitrogens is 4. The minimum absolute atomic E-state index is 0.153. The second-order valence-corrected chi connectivity index (χ2v) is 7.62. The van der Waals surface area contributed by atoms with Crippen LogP contribution in [0.15, 0.2) is 47.6 Å². The molecule has 28 heavy (non-hydrogen) atoms. The maximum Gasteiger partial charge on any atom is 0.237 e. The van der Waals surface area contributed by atoms with Crippen molar-refractivity contribution in [2.24, 2.45) is 0 Å². The van der Waals surface area contributed by atoms with E-state index in [-0.39, 0.29) is 5.91 Å². The molecule has 8 nitrogen and oxygen atoms in total. The maximum absolute atomic E-state index is 12.6. The van der Waals surface area contributed by atoms with Crippen molar-refractivity contribution < 1.29 is 14.3 Å². The van der Waals surface area contributed by atoms with Crippen molar-refractivity contribution in [1.82, 2.24) is 20.2 Å². The number of fused-ring (bicyclic) bond motifs is 1. The number of aryl methyl sites for hydroxylation is 1. The molecular formula is C19H19N5O3S. The summed E-state index contributed by atoms with van der Waals surface area (Å²) in [6.45, 7) is 4.86. The number of rotatable bonds is 5. The monoisotopic (exact) mass is 397 g/mol. The van der Waals surface area contributed by atoms with Crippen molar-refractivity contribution in [3.8, 4) is 17.2 Å². The fourth-order valence-corrected chi connectivity index (χ4v) is 3.48. The first-order valence-electron chi connectivity index (χ1n) is 8.83. The molecule has 0 spiro atoms. The van der Waals surface area contributed by atoms with Gasteiger partial charge in [0.05, 0.1) is 10.9 Å². The van der Waals surface area contributed by atoms with Crippen molar-refractivity contribution in [3.63, 3.8) is 0 Å². The van der Waals surface area contributed by atoms with Crippen molar-refractivity contribution in [1.29, 1.82) is 0 Å². The Hall–Kier alpha value is -3.07. The Kier molecular flexibility index (Phi) is 5.16. The minimum Gasteiger partial charge on any atom is -0.486 e. The smallest absolute Gasteiger partial charge is 0.237 e. The first-order chi connectivity index (χ1) is 13.6. The number of carbonyl (C=O) groups is 1. The molecule has 1 N–H and O–H groups in total. The van der Waals surface area contributed by atoms with E-state index in [2.05, 4.69) is 20.8 Å². The number of ether oxygens (including phenoxy) is 2. The van der Waals surface area contributed by atoms with Crippen LogP contribution in [-0.4, -0.2) is 44.6 Å². The summed E-state index contributed by atoms with van der Waals surface area (Å²) in [4.78, 5) is 12.6. The molecule has 2 aromatic carbocycles. The predicted molar refractivity (Wildman–Crippen MR) is 105 cm³/mol. The lowest BCUT2D eigenvalue weighted by molar-refractivity contribution is -0.115. The Morgan fingerprint density at radius 3 is 2.68 bits per heavy atom. The number of nitrogens with zero attached hydrogens (tertiary/aromatic N) is 4. The molecule has 1 aromatic heterocycles. The number of thioether (sulfide) groups is 1. The van der Waals surface area contributed by atoms with E-state index >= 15 is 0 Å². The van der Waals surface area contributed by atoms with E-state index in [4.69, 9.17) is 9.47 Å². The zero-order valence-electron chi connectivity index (χ0n) is 15.5. The van der Waals surface area contributed by atoms with Crippen LogP contribution in [0.5, 0.6) is 11.5 Å². The Balaban J connectivity index is 1.44. The molecule has 144 valence electrons. The molecule has 0 bridgehead atoms. The number of amides is 1. The first kappa shape index (κ1) is 18.3. The number of carbonyl (C=O) groups excluding carboxylic acids is 1. The molecule has 0 unspecified atom stereocenters. The summed E-state index contributed by atoms with van der Waals surface area (Å²) in [5, 5.41) is 14.9. The molecule has 0 saturated heterocycles. The number of tetrazole rings is 1. The third-order valence-electron chi connectivity index (χ3n) is 4.18. The molecule has 1 aliphatic rings. The van der Waals surface area contributed by atoms with Crippen LogP contribution in [-0.2, 0) is 4.79 Å². The SMILES string of the molecule is Cc1ccc(-n2nnnc2S[C@@H](C)C(=O)Nc2ccc3c(c2)OCCO3)cc1. The van der Waals surface area contributed by atoms with Gasteiger partial charge in [-0.25, -0.2) is 0 Å². The lowest BCUT2D eigenvalue weighted by Gasteiger charge is -2.19. The van der Waals surface area contributed by atoms with E-state index in [1.54, 1.807) is 22.9 Å². The fourth-order valence-electron chi connectivity index (χ4n) is 2.68. The lowest BCUT2D eigenvalue weighted by atomic mass is 10.2. The van der Waals surface area contributed by atoms with Crippen LogP contribution < -0.4 is 14.8 Å². The van der Waals surface area contributed by atoms with Gasteiger partial charge in [-0.3, -0.25) is 4.79 Å². The number of hydrogen-bond acceptors (Lipinski definition) is 7. The number of anilines is 1. The van der Waals surface area contributed by atoms with Crippen LogP contribution in [0.4, 0.5) is 5.69 Å². The van der Waals surface area contributed by atoms with Gasteiger partial charge in [-0.05, 0) is 48.5 Å². The van der Waals surface area contributed by atoms with E-state index in [0.717, 1.165) is 11.3 Å². The zero-order valence-corrected chi connectivity index (χ0v) is 16.3. The normalized spacial score (nSPS) is 13.8. The highest BCUT2D eigenvalue weighted by atomic mass is 32.2. The van der Waals surface area contributed by atoms with Crippen molar-refractivity contribution in [3.05, 3.63) is 48.0 Å². The van der Waals surface area contributed by atoms with Gasteiger partial charge in [0.1, 0.15) is 13.2 Å². The van der Waals surface area contributed by atoms with Gasteiger partial charge in [-0.15, -0.1) is 5.10 Å². The van der Waals surface area contributed by atoms with Gasteiger partial charge in [0.25, 0.3) is 0 Å². The van der Waals surface area contributed by atoms with Crippen LogP contribution in [0.3, 0.4) is 0 Å². The van der Waals surface area contributed by atoms with Crippen LogP contribution in [0.1, 0.15) is 12.5 Å². The van der Waals surface area contributed by atoms with Gasteiger partial charge in [-0.1, -0.05) is 29.5 Å². The maximum atomic E-state index is 12.6. The molecule has 0 fully saturated rings. The summed E-state index contributed by atoms with van der Waals surface area (Å²) < 4.78 is 12.7. The van der Waals surface area contributed by atoms with Gasteiger partial charge < -0.3 is 14.8 Å². The first-order valence-corrected chi connectivity index (χ1v) is 9.71. The molecule has 3 aromatic rings. The van der Waals surface area contributed by atoms with E-state index in [1.165, 1.54) is 11.8 Å². The van der Waals surface area contributed by atoms with E-state index < -0.39 is 5.25 Å². The number of nitrogens with one attached hydrogen (secondary N) is 1. The Bertz CT molecular complexity index is 989. The number of hydrogen-bond donors (Lipinski definition) is 1. The van der Waals surface area contributed by atoms with Crippen molar-refractivity contribution in [2.45, 2.75) is 24.3 Å². The Labute approximate surface area is 166 Å². The van der Waals surface area contributed by atoms with Gasteiger partial charge in [0.15, 0.2) is 11.5 Å². The average molecular weight is 397 g/mol. The second kappa shape index (κ2) is 7.89. The Morgan fingerprint density at radius 2 is 1.89 bits per heavy atom. The van der Waals surface area contributed by atoms with Gasteiger partial charge >= 0.3 is 0 Å². The van der Waals surface area contributed by atoms with E-state index in [9.17, 15) is 4.79 Å². The molecule has 4 rings (SSSR count). The summed E-state index contributed by atoms with van der Waals surface area (Å²) in [5.74, 6) is 1.16. The molecule has 0 saturated carbocycles. The highest BCUT2D eigenvalue weighted by molar-refractivity contribution is 8.00. The molecule has 1 aliphatic heterocycles. The molecular weight excluding hydrogens is 378 g/mol. The molecule has 9 heteroatoms. The summed E-state index contributed by atoms with van der Waals surface area (Å²) in [6.07, 6.45) is 0. The predicted octanol–water partition coefficient (Wildman–Crippen LogP) is 2.86. The zero-order chi connectivity index (χ0) is 19.5. The third kappa shape index (κ3) is 3.94. The van der Waals surface area contributed by atoms with Crippen LogP contribution in [0, 0.1) is 6.92 Å². The lowest BCUT2D eigenvalue weighted by Crippen LogP contribution is -2.23. The minimum atomic E-state index is -0.400. The quantitative estimate of drug-likeness (QED) is 0.662. The molecule has 0 aliphatic carbocycles. The molecule has 0 radical (unpaired) electrons. The topological polar surface area (TPSA) is 91.2 Å². The average Bonchev–Trinajstić information content (AvgIpc) is 3.16. The van der Waals surface area contributed by atoms with Gasteiger partial charge in [-0.2, -0.15) is 4.68 Å². The van der Waals surface area contributed by atoms with E-state index in [0.29, 0.717) is 35.6 Å². The Morgan fingerprint density at radius 1 is 1.14 bits per heavy atom. The highest BCUT2D eigenvalue weighted by Crippen LogP contribution is 2.33. The van der Waals surface area contributed by atoms with Crippen LogP contribution >= 0.6 is 11.8 Å². The summed E-state index contributed by atoms with van der Waals surface area (Å²) in [6, 6.07) is 13.2. The second-order valence-electron chi connectivity index (χ2n) is 6.32. The molecule has 1 amide bonds. The van der Waals surface area contributed by atoms with Gasteiger partial charge in [0.2, 0.25) is 11.1 Å². The largest absolute Gasteiger partial charge is 0.486 e. The summed E-state index contributed by atoms with van der Waals surface area (Å²) in [5.41, 5.74) is 2.65. The summed E-state index contributed by atoms with van der Waals surface area (Å²) >= 11 is 1.29. The van der Waals surface area contributed by atoms with Crippen LogP contribution in [0.25, 0.3) is 5.69 Å². The van der Waals surface area contributed by atoms with Gasteiger partial charge in [0, 0.05) is 11.8 Å². The number of benzene rings is 2. The highest BCUT2D eigenvalue weighted by Gasteiger charge is 2.20. The van der Waals surface area contributed by atoms with E-state index in [1.807, 2.05) is 38.1 Å². The van der Waals surface area contributed by atoms with Crippen molar-refractivity contribution in [2.75, 3.05) is 18.5 Å².